The van der Waals surface area contributed by atoms with Gasteiger partial charge in [-0.3, -0.25) is 4.79 Å². The van der Waals surface area contributed by atoms with Crippen molar-refractivity contribution in [2.45, 2.75) is 19.3 Å². The molecule has 7 heteroatoms. The average Bonchev–Trinajstić information content (AvgIpc) is 2.75. The number of nitrogens with one attached hydrogen (secondary N) is 1. The van der Waals surface area contributed by atoms with E-state index in [0.29, 0.717) is 11.6 Å². The summed E-state index contributed by atoms with van der Waals surface area (Å²) in [6.45, 7) is 5.91. The van der Waals surface area contributed by atoms with Crippen molar-refractivity contribution >= 4 is 23.2 Å². The average molecular weight is 380 g/mol. The van der Waals surface area contributed by atoms with Crippen LogP contribution in [0.4, 0.5) is 17.3 Å². The number of hydrogen-bond donors (Lipinski definition) is 1. The Morgan fingerprint density at radius 3 is 2.36 bits per heavy atom. The highest BCUT2D eigenvalue weighted by molar-refractivity contribution is 5.92. The van der Waals surface area contributed by atoms with Crippen LogP contribution in [0, 0.1) is 0 Å². The van der Waals surface area contributed by atoms with Gasteiger partial charge in [0.1, 0.15) is 5.69 Å². The third-order valence-electron chi connectivity index (χ3n) is 5.51. The number of amides is 1. The molecular weight excluding hydrogens is 352 g/mol. The van der Waals surface area contributed by atoms with Crippen LogP contribution in [-0.4, -0.2) is 72.0 Å². The number of aromatic nitrogens is 2. The Labute approximate surface area is 166 Å². The van der Waals surface area contributed by atoms with Gasteiger partial charge in [-0.25, -0.2) is 9.97 Å². The van der Waals surface area contributed by atoms with Crippen LogP contribution in [0.25, 0.3) is 0 Å². The fraction of sp³-hybridized carbons (Fsp3) is 0.476. The summed E-state index contributed by atoms with van der Waals surface area (Å²) < 4.78 is 0. The standard InChI is InChI=1S/C21H28N6O/c1-25-13-15-26(16-14-25)18-7-5-17(6-8-18)23-21-22-10-9-19(24-21)20(28)27-11-3-2-4-12-27/h5-10H,2-4,11-16H2,1H3,(H,22,23,24). The zero-order chi connectivity index (χ0) is 19.3. The monoisotopic (exact) mass is 380 g/mol. The molecule has 0 unspecified atom stereocenters. The number of likely N-dealkylation sites (N-methyl/N-ethyl adjacent to an activating group) is 1. The highest BCUT2D eigenvalue weighted by atomic mass is 16.2. The predicted octanol–water partition coefficient (Wildman–Crippen LogP) is 2.60. The van der Waals surface area contributed by atoms with Crippen LogP contribution < -0.4 is 10.2 Å². The normalized spacial score (nSPS) is 18.2. The maximum Gasteiger partial charge on any atom is 0.272 e. The fourth-order valence-electron chi connectivity index (χ4n) is 3.75. The number of nitrogens with zero attached hydrogens (tertiary/aromatic N) is 5. The molecule has 1 amide bonds. The van der Waals surface area contributed by atoms with Gasteiger partial charge >= 0.3 is 0 Å². The van der Waals surface area contributed by atoms with Gasteiger partial charge in [-0.15, -0.1) is 0 Å². The molecule has 28 heavy (non-hydrogen) atoms. The van der Waals surface area contributed by atoms with Crippen LogP contribution in [0.3, 0.4) is 0 Å². The van der Waals surface area contributed by atoms with E-state index in [0.717, 1.165) is 57.8 Å². The van der Waals surface area contributed by atoms with Gasteiger partial charge < -0.3 is 20.0 Å². The number of piperazine rings is 1. The minimum Gasteiger partial charge on any atom is -0.369 e. The van der Waals surface area contributed by atoms with E-state index in [1.807, 2.05) is 17.0 Å². The van der Waals surface area contributed by atoms with Gasteiger partial charge in [-0.05, 0) is 56.6 Å². The van der Waals surface area contributed by atoms with Crippen molar-refractivity contribution in [3.05, 3.63) is 42.2 Å². The molecule has 2 fully saturated rings. The molecule has 3 heterocycles. The molecule has 0 saturated carbocycles. The lowest BCUT2D eigenvalue weighted by molar-refractivity contribution is 0.0718. The molecule has 0 atom stereocenters. The predicted molar refractivity (Wildman–Crippen MR) is 111 cm³/mol. The molecule has 1 N–H and O–H groups in total. The summed E-state index contributed by atoms with van der Waals surface area (Å²) in [5.41, 5.74) is 2.60. The lowest BCUT2D eigenvalue weighted by Crippen LogP contribution is -2.44. The summed E-state index contributed by atoms with van der Waals surface area (Å²) in [5, 5.41) is 3.22. The third-order valence-corrected chi connectivity index (χ3v) is 5.51. The van der Waals surface area contributed by atoms with Gasteiger partial charge in [0.15, 0.2) is 0 Å². The van der Waals surface area contributed by atoms with Crippen molar-refractivity contribution in [3.8, 4) is 0 Å². The van der Waals surface area contributed by atoms with Crippen molar-refractivity contribution in [3.63, 3.8) is 0 Å². The minimum absolute atomic E-state index is 0.00411. The Morgan fingerprint density at radius 2 is 1.64 bits per heavy atom. The van der Waals surface area contributed by atoms with Gasteiger partial charge in [-0.2, -0.15) is 0 Å². The smallest absolute Gasteiger partial charge is 0.272 e. The Bertz CT molecular complexity index is 795. The largest absolute Gasteiger partial charge is 0.369 e. The van der Waals surface area contributed by atoms with Crippen LogP contribution in [0.1, 0.15) is 29.8 Å². The van der Waals surface area contributed by atoms with E-state index >= 15 is 0 Å². The highest BCUT2D eigenvalue weighted by Gasteiger charge is 2.20. The Balaban J connectivity index is 1.40. The van der Waals surface area contributed by atoms with Crippen LogP contribution in [0.15, 0.2) is 36.5 Å². The van der Waals surface area contributed by atoms with E-state index < -0.39 is 0 Å². The summed E-state index contributed by atoms with van der Waals surface area (Å²) in [6.07, 6.45) is 4.98. The van der Waals surface area contributed by atoms with E-state index in [-0.39, 0.29) is 5.91 Å². The summed E-state index contributed by atoms with van der Waals surface area (Å²) in [5.74, 6) is 0.450. The van der Waals surface area contributed by atoms with Gasteiger partial charge in [0, 0.05) is 56.8 Å². The van der Waals surface area contributed by atoms with Crippen LogP contribution in [0.5, 0.6) is 0 Å². The second-order valence-corrected chi connectivity index (χ2v) is 7.58. The molecule has 1 aromatic heterocycles. The quantitative estimate of drug-likeness (QED) is 0.880. The topological polar surface area (TPSA) is 64.6 Å². The Kier molecular flexibility index (Phi) is 5.71. The summed E-state index contributed by atoms with van der Waals surface area (Å²) in [6, 6.07) is 10.0. The van der Waals surface area contributed by atoms with E-state index in [4.69, 9.17) is 0 Å². The molecule has 2 aromatic rings. The summed E-state index contributed by atoms with van der Waals surface area (Å²) in [4.78, 5) is 28.0. The van der Waals surface area contributed by atoms with Crippen LogP contribution in [-0.2, 0) is 0 Å². The van der Waals surface area contributed by atoms with Crippen molar-refractivity contribution < 1.29 is 4.79 Å². The van der Waals surface area contributed by atoms with Gasteiger partial charge in [0.25, 0.3) is 5.91 Å². The summed E-state index contributed by atoms with van der Waals surface area (Å²) in [7, 11) is 2.16. The molecule has 2 aliphatic rings. The maximum atomic E-state index is 12.6. The minimum atomic E-state index is -0.00411. The van der Waals surface area contributed by atoms with Gasteiger partial charge in [-0.1, -0.05) is 0 Å². The number of carbonyl (C=O) groups excluding carboxylic acids is 1. The first kappa shape index (κ1) is 18.7. The van der Waals surface area contributed by atoms with E-state index in [1.54, 1.807) is 12.3 Å². The molecule has 2 aliphatic heterocycles. The first-order valence-electron chi connectivity index (χ1n) is 10.1. The Hall–Kier alpha value is -2.67. The molecular formula is C21H28N6O. The fourth-order valence-corrected chi connectivity index (χ4v) is 3.75. The SMILES string of the molecule is CN1CCN(c2ccc(Nc3nccc(C(=O)N4CCCCC4)n3)cc2)CC1. The zero-order valence-electron chi connectivity index (χ0n) is 16.5. The second kappa shape index (κ2) is 8.56. The van der Waals surface area contributed by atoms with E-state index in [9.17, 15) is 4.79 Å². The number of piperidine rings is 1. The van der Waals surface area contributed by atoms with E-state index in [2.05, 4.69) is 44.3 Å². The molecule has 4 rings (SSSR count). The Morgan fingerprint density at radius 1 is 0.929 bits per heavy atom. The first-order chi connectivity index (χ1) is 13.7. The number of anilines is 3. The van der Waals surface area contributed by atoms with Crippen molar-refractivity contribution in [1.29, 1.82) is 0 Å². The maximum absolute atomic E-state index is 12.6. The lowest BCUT2D eigenvalue weighted by atomic mass is 10.1. The number of benzene rings is 1. The lowest BCUT2D eigenvalue weighted by Gasteiger charge is -2.34. The number of likely N-dealkylation sites (tertiary alicyclic amines) is 1. The van der Waals surface area contributed by atoms with Crippen LogP contribution >= 0.6 is 0 Å². The van der Waals surface area contributed by atoms with Crippen molar-refractivity contribution in [1.82, 2.24) is 19.8 Å². The van der Waals surface area contributed by atoms with Gasteiger partial charge in [0.05, 0.1) is 0 Å². The van der Waals surface area contributed by atoms with Gasteiger partial charge in [0.2, 0.25) is 5.95 Å². The second-order valence-electron chi connectivity index (χ2n) is 7.58. The molecule has 1 aromatic carbocycles. The molecule has 0 aliphatic carbocycles. The highest BCUT2D eigenvalue weighted by Crippen LogP contribution is 2.21. The molecule has 0 radical (unpaired) electrons. The zero-order valence-corrected chi connectivity index (χ0v) is 16.5. The van der Waals surface area contributed by atoms with E-state index in [1.165, 1.54) is 12.1 Å². The molecule has 7 nitrogen and oxygen atoms in total. The van der Waals surface area contributed by atoms with Crippen LogP contribution in [0.2, 0.25) is 0 Å². The first-order valence-corrected chi connectivity index (χ1v) is 10.1. The number of hydrogen-bond acceptors (Lipinski definition) is 6. The number of carbonyl (C=O) groups is 1. The number of rotatable bonds is 4. The van der Waals surface area contributed by atoms with Crippen molar-refractivity contribution in [2.75, 3.05) is 56.5 Å². The molecule has 148 valence electrons. The molecule has 0 spiro atoms. The molecule has 2 saturated heterocycles. The molecule has 0 bridgehead atoms. The summed E-state index contributed by atoms with van der Waals surface area (Å²) >= 11 is 0. The van der Waals surface area contributed by atoms with Crippen molar-refractivity contribution in [2.24, 2.45) is 0 Å². The third kappa shape index (κ3) is 4.42.